The molecule has 3 aliphatic heterocycles. The highest BCUT2D eigenvalue weighted by Gasteiger charge is 2.32. The minimum atomic E-state index is -0.0169. The second kappa shape index (κ2) is 10.6. The van der Waals surface area contributed by atoms with Gasteiger partial charge in [-0.3, -0.25) is 24.5 Å². The fourth-order valence-corrected chi connectivity index (χ4v) is 6.06. The van der Waals surface area contributed by atoms with Crippen molar-refractivity contribution in [2.75, 3.05) is 46.3 Å². The zero-order chi connectivity index (χ0) is 24.4. The monoisotopic (exact) mass is 494 g/mol. The second-order valence-electron chi connectivity index (χ2n) is 9.95. The van der Waals surface area contributed by atoms with Crippen molar-refractivity contribution in [3.05, 3.63) is 45.4 Å². The Morgan fingerprint density at radius 1 is 1.11 bits per heavy atom. The Hall–Kier alpha value is -2.62. The van der Waals surface area contributed by atoms with Crippen LogP contribution < -0.4 is 10.6 Å². The number of nitrogens with one attached hydrogen (secondary N) is 2. The van der Waals surface area contributed by atoms with Crippen LogP contribution in [0.4, 0.5) is 0 Å². The van der Waals surface area contributed by atoms with Crippen LogP contribution in [0.1, 0.15) is 40.9 Å². The Balaban J connectivity index is 1.18. The standard InChI is InChI=1S/C26H34N6O2S/c1-17-8-14-35-26(17)25(34)24-23(20-7-9-27-21(20)15-28-24)30-19-5-3-18(4-6-19)29-22(33)16-32-12-10-31(2)11-13-32/h7-9,14,18-19,30H,3-6,10-13,15-16H2,1-2H3,(H,29,33). The number of ketones is 1. The molecule has 0 atom stereocenters. The van der Waals surface area contributed by atoms with Gasteiger partial charge in [0.1, 0.15) is 5.71 Å². The van der Waals surface area contributed by atoms with Crippen molar-refractivity contribution in [3.63, 3.8) is 0 Å². The maximum Gasteiger partial charge on any atom is 0.234 e. The van der Waals surface area contributed by atoms with Crippen LogP contribution in [0.5, 0.6) is 0 Å². The van der Waals surface area contributed by atoms with E-state index < -0.39 is 0 Å². The van der Waals surface area contributed by atoms with E-state index in [2.05, 4.69) is 37.5 Å². The lowest BCUT2D eigenvalue weighted by molar-refractivity contribution is -0.123. The van der Waals surface area contributed by atoms with Crippen LogP contribution >= 0.6 is 11.3 Å². The third kappa shape index (κ3) is 5.47. The zero-order valence-corrected chi connectivity index (χ0v) is 21.4. The Morgan fingerprint density at radius 3 is 2.57 bits per heavy atom. The maximum atomic E-state index is 13.4. The van der Waals surface area contributed by atoms with Gasteiger partial charge in [0.25, 0.3) is 0 Å². The van der Waals surface area contributed by atoms with Gasteiger partial charge < -0.3 is 15.5 Å². The molecule has 1 aromatic rings. The second-order valence-corrected chi connectivity index (χ2v) is 10.9. The largest absolute Gasteiger partial charge is 0.380 e. The van der Waals surface area contributed by atoms with E-state index in [1.165, 1.54) is 11.3 Å². The molecule has 4 heterocycles. The summed E-state index contributed by atoms with van der Waals surface area (Å²) in [6.45, 7) is 6.82. The third-order valence-corrected chi connectivity index (χ3v) is 8.38. The predicted octanol–water partition coefficient (Wildman–Crippen LogP) is 2.18. The lowest BCUT2D eigenvalue weighted by atomic mass is 9.89. The van der Waals surface area contributed by atoms with Crippen molar-refractivity contribution in [3.8, 4) is 0 Å². The van der Waals surface area contributed by atoms with Gasteiger partial charge in [0.05, 0.1) is 29.4 Å². The number of aryl methyl sites for hydroxylation is 1. The minimum Gasteiger partial charge on any atom is -0.380 e. The molecule has 1 saturated carbocycles. The summed E-state index contributed by atoms with van der Waals surface area (Å²) >= 11 is 1.47. The highest BCUT2D eigenvalue weighted by atomic mass is 32.1. The summed E-state index contributed by atoms with van der Waals surface area (Å²) in [5.41, 5.74) is 4.21. The Morgan fingerprint density at radius 2 is 1.86 bits per heavy atom. The molecule has 1 aromatic heterocycles. The molecule has 5 rings (SSSR count). The van der Waals surface area contributed by atoms with E-state index >= 15 is 0 Å². The summed E-state index contributed by atoms with van der Waals surface area (Å²) in [5, 5.41) is 8.86. The Bertz CT molecular complexity index is 1100. The first-order valence-corrected chi connectivity index (χ1v) is 13.4. The number of dihydropyridines is 1. The first-order valence-electron chi connectivity index (χ1n) is 12.6. The van der Waals surface area contributed by atoms with Gasteiger partial charge in [-0.05, 0) is 62.7 Å². The van der Waals surface area contributed by atoms with E-state index in [1.54, 1.807) is 6.20 Å². The van der Waals surface area contributed by atoms with Crippen LogP contribution in [0, 0.1) is 6.92 Å². The van der Waals surface area contributed by atoms with E-state index in [0.29, 0.717) is 18.8 Å². The van der Waals surface area contributed by atoms with Crippen molar-refractivity contribution in [2.24, 2.45) is 9.98 Å². The van der Waals surface area contributed by atoms with Crippen molar-refractivity contribution < 1.29 is 9.59 Å². The topological polar surface area (TPSA) is 89.4 Å². The summed E-state index contributed by atoms with van der Waals surface area (Å²) < 4.78 is 0. The highest BCUT2D eigenvalue weighted by molar-refractivity contribution is 7.13. The molecule has 1 saturated heterocycles. The molecular formula is C26H34N6O2S. The average molecular weight is 495 g/mol. The van der Waals surface area contributed by atoms with Crippen molar-refractivity contribution >= 4 is 34.5 Å². The summed E-state index contributed by atoms with van der Waals surface area (Å²) in [4.78, 5) is 40.3. The smallest absolute Gasteiger partial charge is 0.234 e. The fourth-order valence-electron chi connectivity index (χ4n) is 5.19. The number of thiophene rings is 1. The van der Waals surface area contributed by atoms with Crippen molar-refractivity contribution in [1.29, 1.82) is 0 Å². The fraction of sp³-hybridized carbons (Fsp3) is 0.538. The van der Waals surface area contributed by atoms with Gasteiger partial charge in [-0.15, -0.1) is 11.3 Å². The van der Waals surface area contributed by atoms with Gasteiger partial charge in [0, 0.05) is 50.0 Å². The normalized spacial score (nSPS) is 25.2. The molecule has 2 fully saturated rings. The lowest BCUT2D eigenvalue weighted by Gasteiger charge is -2.34. The molecule has 0 unspecified atom stereocenters. The molecule has 0 bridgehead atoms. The van der Waals surface area contributed by atoms with Gasteiger partial charge >= 0.3 is 0 Å². The van der Waals surface area contributed by atoms with Crippen LogP contribution in [-0.4, -0.2) is 91.3 Å². The number of hydrogen-bond donors (Lipinski definition) is 2. The number of nitrogens with zero attached hydrogens (tertiary/aromatic N) is 4. The molecule has 0 spiro atoms. The average Bonchev–Trinajstić information content (AvgIpc) is 3.50. The number of carbonyl (C=O) groups excluding carboxylic acids is 2. The Kier molecular flexibility index (Phi) is 7.27. The van der Waals surface area contributed by atoms with Crippen LogP contribution in [0.2, 0.25) is 0 Å². The predicted molar refractivity (Wildman–Crippen MR) is 141 cm³/mol. The number of likely N-dealkylation sites (N-methyl/N-ethyl adjacent to an activating group) is 1. The number of amides is 1. The first kappa shape index (κ1) is 24.1. The molecule has 4 aliphatic rings. The molecule has 0 aromatic carbocycles. The van der Waals surface area contributed by atoms with E-state index in [4.69, 9.17) is 0 Å². The quantitative estimate of drug-likeness (QED) is 0.567. The van der Waals surface area contributed by atoms with Gasteiger partial charge in [-0.25, -0.2) is 0 Å². The van der Waals surface area contributed by atoms with Crippen LogP contribution in [-0.2, 0) is 4.79 Å². The van der Waals surface area contributed by atoms with E-state index in [0.717, 1.165) is 79.3 Å². The molecule has 186 valence electrons. The van der Waals surface area contributed by atoms with Gasteiger partial charge in [-0.1, -0.05) is 0 Å². The molecule has 1 amide bonds. The minimum absolute atomic E-state index is 0.0169. The van der Waals surface area contributed by atoms with Crippen LogP contribution in [0.25, 0.3) is 0 Å². The molecule has 35 heavy (non-hydrogen) atoms. The molecule has 0 radical (unpaired) electrons. The van der Waals surface area contributed by atoms with Crippen molar-refractivity contribution in [2.45, 2.75) is 44.7 Å². The number of Topliss-reactive ketones (excluding diaryl/α,β-unsaturated/α-hetero) is 1. The number of rotatable bonds is 7. The van der Waals surface area contributed by atoms with E-state index in [1.807, 2.05) is 24.4 Å². The van der Waals surface area contributed by atoms with E-state index in [9.17, 15) is 9.59 Å². The van der Waals surface area contributed by atoms with Crippen LogP contribution in [0.3, 0.4) is 0 Å². The lowest BCUT2D eigenvalue weighted by Crippen LogP contribution is -2.50. The Labute approximate surface area is 210 Å². The van der Waals surface area contributed by atoms with Gasteiger partial charge in [-0.2, -0.15) is 0 Å². The number of fused-ring (bicyclic) bond motifs is 1. The SMILES string of the molecule is Cc1ccsc1C(=O)C1=NCC2=NC=CC2=C1NC1CCC(NC(=O)CN2CCN(C)CC2)CC1. The van der Waals surface area contributed by atoms with Crippen LogP contribution in [0.15, 0.2) is 45.0 Å². The molecule has 2 N–H and O–H groups in total. The maximum absolute atomic E-state index is 13.4. The first-order chi connectivity index (χ1) is 17.0. The molecule has 8 nitrogen and oxygen atoms in total. The molecule has 9 heteroatoms. The van der Waals surface area contributed by atoms with E-state index in [-0.39, 0.29) is 23.8 Å². The highest BCUT2D eigenvalue weighted by Crippen LogP contribution is 2.27. The number of carbonyl (C=O) groups is 2. The molecular weight excluding hydrogens is 460 g/mol. The molecule has 1 aliphatic carbocycles. The summed E-state index contributed by atoms with van der Waals surface area (Å²) in [5.74, 6) is 0.114. The summed E-state index contributed by atoms with van der Waals surface area (Å²) in [6.07, 6.45) is 7.49. The van der Waals surface area contributed by atoms with Crippen molar-refractivity contribution in [1.82, 2.24) is 20.4 Å². The number of aliphatic imine (C=N–C) groups is 2. The number of hydrogen-bond acceptors (Lipinski definition) is 8. The summed E-state index contributed by atoms with van der Waals surface area (Å²) in [6, 6.07) is 2.42. The number of allylic oxidation sites excluding steroid dienone is 2. The number of piperazine rings is 1. The van der Waals surface area contributed by atoms with Gasteiger partial charge in [0.2, 0.25) is 11.7 Å². The summed E-state index contributed by atoms with van der Waals surface area (Å²) in [7, 11) is 2.12. The van der Waals surface area contributed by atoms with Gasteiger partial charge in [0.15, 0.2) is 0 Å². The zero-order valence-electron chi connectivity index (χ0n) is 20.5. The third-order valence-electron chi connectivity index (χ3n) is 7.36.